The molecule has 2 aromatic carbocycles. The maximum absolute atomic E-state index is 9.93. The Labute approximate surface area is 405 Å². The number of hydrogen-bond donors (Lipinski definition) is 3. The van der Waals surface area contributed by atoms with Gasteiger partial charge in [-0.05, 0) is 81.2 Å². The van der Waals surface area contributed by atoms with Crippen LogP contribution < -0.4 is 20.9 Å². The number of aliphatic hydroxyl groups excluding tert-OH is 1. The van der Waals surface area contributed by atoms with Crippen molar-refractivity contribution in [3.63, 3.8) is 0 Å². The van der Waals surface area contributed by atoms with Gasteiger partial charge in [0, 0.05) is 86.1 Å². The second-order valence-corrected chi connectivity index (χ2v) is 23.7. The smallest absolute Gasteiger partial charge is 0.192 e. The lowest BCUT2D eigenvalue weighted by molar-refractivity contribution is 0.264. The summed E-state index contributed by atoms with van der Waals surface area (Å²) in [7, 11) is -1.73. The zero-order valence-corrected chi connectivity index (χ0v) is 42.2. The van der Waals surface area contributed by atoms with Crippen molar-refractivity contribution in [3.8, 4) is 12.1 Å². The summed E-state index contributed by atoms with van der Waals surface area (Å²) in [5, 5.41) is 32.8. The van der Waals surface area contributed by atoms with Gasteiger partial charge in [0.1, 0.15) is 47.4 Å². The number of rotatable bonds is 10. The standard InChI is InChI=1S/C22H23N7O.C15H13ClN4.C13H25N3OSi/c1-14-3-4-21(16(7-14)8-23)29-6-5-19-18(11-29)22(27-13-26-19)28-20(12-30)17-9-24-15(2)25-10-17;1-10-2-3-14(11(6-10)7-17)20-5-4-13-12(8-20)15(16)19-9-18-13;1-10-15-7-11(8-16-10)12(14)9-17-18(5,6)13(2,3)4/h3-4,7,9-10,13,20,30H,5-6,11-12H2,1-2H3,(H,26,27,28);2-3,6,9H,4-5,8H2,1H3;7-8,12H,9,14H2,1-6H3/t20-;;12-/m1.1/s1. The van der Waals surface area contributed by atoms with E-state index in [2.05, 4.69) is 101 Å². The Morgan fingerprint density at radius 1 is 0.750 bits per heavy atom. The van der Waals surface area contributed by atoms with Gasteiger partial charge in [0.15, 0.2) is 8.32 Å². The minimum atomic E-state index is -1.73. The molecule has 0 saturated heterocycles. The van der Waals surface area contributed by atoms with Gasteiger partial charge >= 0.3 is 0 Å². The van der Waals surface area contributed by atoms with Crippen molar-refractivity contribution in [1.29, 1.82) is 10.5 Å². The lowest BCUT2D eigenvalue weighted by Crippen LogP contribution is -2.42. The van der Waals surface area contributed by atoms with Crippen molar-refractivity contribution in [1.82, 2.24) is 39.9 Å². The van der Waals surface area contributed by atoms with Crippen LogP contribution in [0.15, 0.2) is 73.8 Å². The zero-order valence-electron chi connectivity index (χ0n) is 40.4. The number of anilines is 3. The Morgan fingerprint density at radius 3 is 1.74 bits per heavy atom. The maximum atomic E-state index is 9.93. The van der Waals surface area contributed by atoms with E-state index in [1.54, 1.807) is 31.1 Å². The van der Waals surface area contributed by atoms with Crippen LogP contribution in [-0.4, -0.2) is 79.6 Å². The number of hydrogen-bond acceptors (Lipinski definition) is 16. The SMILES string of the molecule is Cc1ccc(N2CCc3ncnc(Cl)c3C2)c(C#N)c1.Cc1ccc(N2CCc3ncnc(N[C@H](CO)c4cnc(C)nc4)c3C2)c(C#N)c1.Cc1ncc([C@H](N)CO[Si](C)(C)C(C)(C)C)cn1. The number of nitrogens with one attached hydrogen (secondary N) is 1. The van der Waals surface area contributed by atoms with Crippen LogP contribution >= 0.6 is 11.6 Å². The molecule has 18 heteroatoms. The lowest BCUT2D eigenvalue weighted by Gasteiger charge is -2.36. The molecule has 0 aliphatic carbocycles. The Hall–Kier alpha value is -6.47. The first-order valence-corrected chi connectivity index (χ1v) is 25.9. The quantitative estimate of drug-likeness (QED) is 0.0870. The van der Waals surface area contributed by atoms with Crippen LogP contribution in [0.4, 0.5) is 17.2 Å². The van der Waals surface area contributed by atoms with E-state index in [-0.39, 0.29) is 23.7 Å². The third kappa shape index (κ3) is 12.7. The summed E-state index contributed by atoms with van der Waals surface area (Å²) >= 11 is 6.15. The van der Waals surface area contributed by atoms with Gasteiger partial charge < -0.3 is 30.4 Å². The first-order chi connectivity index (χ1) is 32.4. The van der Waals surface area contributed by atoms with Crippen molar-refractivity contribution in [2.45, 2.75) is 105 Å². The summed E-state index contributed by atoms with van der Waals surface area (Å²) in [6, 6.07) is 15.9. The van der Waals surface area contributed by atoms with Gasteiger partial charge in [-0.25, -0.2) is 39.9 Å². The zero-order chi connectivity index (χ0) is 49.2. The van der Waals surface area contributed by atoms with Crippen LogP contribution in [0.5, 0.6) is 0 Å². The van der Waals surface area contributed by atoms with Crippen LogP contribution in [0.25, 0.3) is 0 Å². The minimum absolute atomic E-state index is 0.120. The van der Waals surface area contributed by atoms with Gasteiger partial charge in [-0.15, -0.1) is 0 Å². The summed E-state index contributed by atoms with van der Waals surface area (Å²) < 4.78 is 6.10. The van der Waals surface area contributed by atoms with Crippen LogP contribution in [0, 0.1) is 50.4 Å². The van der Waals surface area contributed by atoms with E-state index in [4.69, 9.17) is 21.8 Å². The van der Waals surface area contributed by atoms with Crippen LogP contribution in [0.3, 0.4) is 0 Å². The van der Waals surface area contributed by atoms with Gasteiger partial charge in [-0.2, -0.15) is 10.5 Å². The van der Waals surface area contributed by atoms with Gasteiger partial charge in [0.2, 0.25) is 0 Å². The largest absolute Gasteiger partial charge is 0.415 e. The third-order valence-corrected chi connectivity index (χ3v) is 17.4. The molecule has 0 saturated carbocycles. The van der Waals surface area contributed by atoms with Gasteiger partial charge in [-0.1, -0.05) is 44.5 Å². The Balaban J connectivity index is 0.000000176. The molecule has 2 aliphatic rings. The van der Waals surface area contributed by atoms with Crippen molar-refractivity contribution in [2.24, 2.45) is 5.73 Å². The summed E-state index contributed by atoms with van der Waals surface area (Å²) in [6.07, 6.45) is 11.6. The molecular formula is C50H61ClN14O2Si. The maximum Gasteiger partial charge on any atom is 0.192 e. The molecule has 2 atom stereocenters. The summed E-state index contributed by atoms with van der Waals surface area (Å²) in [5.41, 5.74) is 17.1. The predicted molar refractivity (Wildman–Crippen MR) is 267 cm³/mol. The highest BCUT2D eigenvalue weighted by molar-refractivity contribution is 6.74. The molecule has 0 unspecified atom stereocenters. The second kappa shape index (κ2) is 22.5. The highest BCUT2D eigenvalue weighted by atomic mass is 35.5. The molecule has 16 nitrogen and oxygen atoms in total. The number of aryl methyl sites for hydroxylation is 4. The summed E-state index contributed by atoms with van der Waals surface area (Å²) in [6.45, 7) is 22.0. The molecule has 6 aromatic rings. The molecular weight excluding hydrogens is 892 g/mol. The fourth-order valence-corrected chi connectivity index (χ4v) is 8.64. The predicted octanol–water partition coefficient (Wildman–Crippen LogP) is 8.14. The molecule has 354 valence electrons. The molecule has 8 rings (SSSR count). The number of nitrogens with two attached hydrogens (primary N) is 1. The fourth-order valence-electron chi connectivity index (χ4n) is 7.40. The van der Waals surface area contributed by atoms with Gasteiger partial charge in [-0.3, -0.25) is 0 Å². The van der Waals surface area contributed by atoms with Crippen molar-refractivity contribution >= 4 is 37.1 Å². The molecule has 4 aromatic heterocycles. The van der Waals surface area contributed by atoms with E-state index in [1.165, 1.54) is 6.33 Å². The summed E-state index contributed by atoms with van der Waals surface area (Å²) in [4.78, 5) is 38.3. The third-order valence-electron chi connectivity index (χ3n) is 12.5. The Kier molecular flexibility index (Phi) is 16.9. The molecule has 0 bridgehead atoms. The normalized spacial score (nSPS) is 14.1. The van der Waals surface area contributed by atoms with Crippen LogP contribution in [0.1, 0.15) is 100 Å². The number of benzene rings is 2. The van der Waals surface area contributed by atoms with Gasteiger partial charge in [0.05, 0.1) is 59.2 Å². The van der Waals surface area contributed by atoms with E-state index in [9.17, 15) is 15.6 Å². The van der Waals surface area contributed by atoms with Gasteiger partial charge in [0.25, 0.3) is 0 Å². The minimum Gasteiger partial charge on any atom is -0.415 e. The number of fused-ring (bicyclic) bond motifs is 2. The van der Waals surface area contributed by atoms with E-state index in [0.29, 0.717) is 47.6 Å². The van der Waals surface area contributed by atoms with Crippen molar-refractivity contribution in [3.05, 3.63) is 147 Å². The van der Waals surface area contributed by atoms with Crippen molar-refractivity contribution in [2.75, 3.05) is 41.4 Å². The lowest BCUT2D eigenvalue weighted by atomic mass is 10.0. The first-order valence-electron chi connectivity index (χ1n) is 22.6. The molecule has 4 N–H and O–H groups in total. The Morgan fingerprint density at radius 2 is 1.24 bits per heavy atom. The number of aromatic nitrogens is 8. The number of halogens is 1. The van der Waals surface area contributed by atoms with E-state index >= 15 is 0 Å². The molecule has 0 radical (unpaired) electrons. The van der Waals surface area contributed by atoms with Crippen molar-refractivity contribution < 1.29 is 9.53 Å². The number of nitrogens with zero attached hydrogens (tertiary/aromatic N) is 12. The molecule has 2 aliphatic heterocycles. The average Bonchev–Trinajstić information content (AvgIpc) is 3.33. The first kappa shape index (κ1) is 50.9. The average molecular weight is 954 g/mol. The molecule has 68 heavy (non-hydrogen) atoms. The van der Waals surface area contributed by atoms with E-state index in [1.807, 2.05) is 64.1 Å². The monoisotopic (exact) mass is 952 g/mol. The molecule has 0 fully saturated rings. The van der Waals surface area contributed by atoms with E-state index < -0.39 is 8.32 Å². The molecule has 0 spiro atoms. The molecule has 0 amide bonds. The summed E-state index contributed by atoms with van der Waals surface area (Å²) in [5.74, 6) is 2.11. The Bertz CT molecular complexity index is 2760. The number of nitriles is 2. The van der Waals surface area contributed by atoms with Crippen LogP contribution in [-0.2, 0) is 30.4 Å². The topological polar surface area (TPSA) is 225 Å². The highest BCUT2D eigenvalue weighted by Gasteiger charge is 2.37. The fraction of sp³-hybridized carbons (Fsp3) is 0.400. The second-order valence-electron chi connectivity index (χ2n) is 18.5. The highest BCUT2D eigenvalue weighted by Crippen LogP contribution is 2.37. The van der Waals surface area contributed by atoms with Crippen LogP contribution in [0.2, 0.25) is 23.3 Å². The number of aliphatic hydroxyl groups is 1. The van der Waals surface area contributed by atoms with E-state index in [0.717, 1.165) is 87.9 Å². The molecule has 6 heterocycles.